The number of fused-ring (bicyclic) bond motifs is 1. The van der Waals surface area contributed by atoms with Crippen molar-refractivity contribution in [3.8, 4) is 0 Å². The van der Waals surface area contributed by atoms with Gasteiger partial charge in [0.1, 0.15) is 0 Å². The molecular weight excluding hydrogens is 136 g/mol. The van der Waals surface area contributed by atoms with Crippen LogP contribution < -0.4 is 0 Å². The zero-order chi connectivity index (χ0) is 7.52. The molecule has 11 heavy (non-hydrogen) atoms. The van der Waals surface area contributed by atoms with Crippen molar-refractivity contribution in [2.45, 2.75) is 6.42 Å². The molecule has 1 unspecified atom stereocenters. The summed E-state index contributed by atoms with van der Waals surface area (Å²) in [6.45, 7) is 1.73. The van der Waals surface area contributed by atoms with Gasteiger partial charge in [-0.25, -0.2) is 0 Å². The van der Waals surface area contributed by atoms with Gasteiger partial charge in [0.2, 0.25) is 0 Å². The van der Waals surface area contributed by atoms with Crippen molar-refractivity contribution in [1.29, 1.82) is 0 Å². The number of hydrogen-bond acceptors (Lipinski definition) is 1. The summed E-state index contributed by atoms with van der Waals surface area (Å²) in [4.78, 5) is 0. The van der Waals surface area contributed by atoms with Gasteiger partial charge in [-0.05, 0) is 12.0 Å². The first-order valence-corrected chi connectivity index (χ1v) is 4.08. The van der Waals surface area contributed by atoms with Crippen molar-refractivity contribution in [1.82, 2.24) is 0 Å². The first-order chi connectivity index (χ1) is 5.47. The molecule has 0 N–H and O–H groups in total. The van der Waals surface area contributed by atoms with Gasteiger partial charge >= 0.3 is 0 Å². The molecular formula is C10H12O. The molecule has 0 aromatic rings. The number of ether oxygens (including phenoxy) is 1. The molecule has 1 heteroatoms. The highest BCUT2D eigenvalue weighted by Gasteiger charge is 2.16. The van der Waals surface area contributed by atoms with E-state index in [0.29, 0.717) is 5.92 Å². The lowest BCUT2D eigenvalue weighted by Crippen LogP contribution is -2.17. The molecule has 0 aromatic heterocycles. The Morgan fingerprint density at radius 2 is 2.27 bits per heavy atom. The minimum absolute atomic E-state index is 0.638. The molecule has 1 atom stereocenters. The summed E-state index contributed by atoms with van der Waals surface area (Å²) in [5.74, 6) is 0.638. The van der Waals surface area contributed by atoms with E-state index in [0.717, 1.165) is 19.6 Å². The van der Waals surface area contributed by atoms with Crippen LogP contribution in [0.2, 0.25) is 0 Å². The Labute approximate surface area is 67.1 Å². The molecule has 1 aliphatic heterocycles. The van der Waals surface area contributed by atoms with Crippen LogP contribution in [0.1, 0.15) is 6.42 Å². The molecule has 0 spiro atoms. The highest BCUT2D eigenvalue weighted by atomic mass is 16.5. The van der Waals surface area contributed by atoms with Crippen LogP contribution in [0.3, 0.4) is 0 Å². The van der Waals surface area contributed by atoms with Crippen LogP contribution in [-0.2, 0) is 4.74 Å². The van der Waals surface area contributed by atoms with Crippen LogP contribution >= 0.6 is 0 Å². The van der Waals surface area contributed by atoms with Crippen LogP contribution in [-0.4, -0.2) is 13.2 Å². The normalized spacial score (nSPS) is 29.1. The van der Waals surface area contributed by atoms with Gasteiger partial charge in [0.15, 0.2) is 0 Å². The topological polar surface area (TPSA) is 9.23 Å². The van der Waals surface area contributed by atoms with E-state index in [1.54, 1.807) is 0 Å². The lowest BCUT2D eigenvalue weighted by atomic mass is 9.94. The molecule has 58 valence electrons. The fourth-order valence-electron chi connectivity index (χ4n) is 1.53. The molecule has 0 aromatic carbocycles. The summed E-state index contributed by atoms with van der Waals surface area (Å²) < 4.78 is 5.36. The predicted octanol–water partition coefficient (Wildman–Crippen LogP) is 2.08. The molecule has 1 aliphatic carbocycles. The van der Waals surface area contributed by atoms with E-state index in [1.807, 2.05) is 0 Å². The lowest BCUT2D eigenvalue weighted by molar-refractivity contribution is 0.116. The van der Waals surface area contributed by atoms with E-state index >= 15 is 0 Å². The summed E-state index contributed by atoms with van der Waals surface area (Å²) in [5.41, 5.74) is 1.42. The molecule has 0 radical (unpaired) electrons. The van der Waals surface area contributed by atoms with Gasteiger partial charge < -0.3 is 4.74 Å². The third-order valence-electron chi connectivity index (χ3n) is 2.19. The minimum Gasteiger partial charge on any atom is -0.377 e. The van der Waals surface area contributed by atoms with E-state index in [2.05, 4.69) is 30.4 Å². The molecule has 2 rings (SSSR count). The smallest absolute Gasteiger partial charge is 0.0685 e. The van der Waals surface area contributed by atoms with E-state index in [9.17, 15) is 0 Å². The van der Waals surface area contributed by atoms with Gasteiger partial charge in [-0.1, -0.05) is 30.4 Å². The highest BCUT2D eigenvalue weighted by molar-refractivity contribution is 5.27. The Morgan fingerprint density at radius 1 is 1.27 bits per heavy atom. The van der Waals surface area contributed by atoms with Crippen molar-refractivity contribution in [2.75, 3.05) is 13.2 Å². The zero-order valence-corrected chi connectivity index (χ0v) is 6.49. The molecule has 1 nitrogen and oxygen atoms in total. The fourth-order valence-corrected chi connectivity index (χ4v) is 1.53. The predicted molar refractivity (Wildman–Crippen MR) is 45.3 cm³/mol. The zero-order valence-electron chi connectivity index (χ0n) is 6.49. The molecule has 0 amide bonds. The van der Waals surface area contributed by atoms with Crippen molar-refractivity contribution in [3.63, 3.8) is 0 Å². The maximum absolute atomic E-state index is 5.36. The Bertz CT molecular complexity index is 223. The van der Waals surface area contributed by atoms with E-state index in [4.69, 9.17) is 4.74 Å². The summed E-state index contributed by atoms with van der Waals surface area (Å²) in [6.07, 6.45) is 11.9. The van der Waals surface area contributed by atoms with Crippen molar-refractivity contribution in [2.24, 2.45) is 5.92 Å². The average molecular weight is 148 g/mol. The van der Waals surface area contributed by atoms with Crippen molar-refractivity contribution in [3.05, 3.63) is 36.0 Å². The number of hydrogen-bond donors (Lipinski definition) is 0. The van der Waals surface area contributed by atoms with Gasteiger partial charge in [-0.15, -0.1) is 0 Å². The first-order valence-electron chi connectivity index (χ1n) is 4.08. The van der Waals surface area contributed by atoms with Gasteiger partial charge in [-0.2, -0.15) is 0 Å². The largest absolute Gasteiger partial charge is 0.377 e. The molecule has 1 saturated heterocycles. The summed E-state index contributed by atoms with van der Waals surface area (Å²) in [7, 11) is 0. The van der Waals surface area contributed by atoms with Crippen LogP contribution in [0.25, 0.3) is 0 Å². The average Bonchev–Trinajstić information content (AvgIpc) is 2.28. The Hall–Kier alpha value is -0.820. The maximum atomic E-state index is 5.36. The minimum atomic E-state index is 0.638. The van der Waals surface area contributed by atoms with Crippen LogP contribution in [0.15, 0.2) is 36.0 Å². The third-order valence-corrected chi connectivity index (χ3v) is 2.19. The SMILES string of the molecule is C1=CC=C2COCCC2C=C1. The van der Waals surface area contributed by atoms with Crippen molar-refractivity contribution < 1.29 is 4.74 Å². The summed E-state index contributed by atoms with van der Waals surface area (Å²) in [5, 5.41) is 0. The number of rotatable bonds is 0. The van der Waals surface area contributed by atoms with Gasteiger partial charge in [0.05, 0.1) is 6.61 Å². The van der Waals surface area contributed by atoms with Crippen LogP contribution in [0.4, 0.5) is 0 Å². The first kappa shape index (κ1) is 6.86. The molecule has 0 bridgehead atoms. The number of allylic oxidation sites excluding steroid dienone is 5. The Balaban J connectivity index is 2.21. The van der Waals surface area contributed by atoms with E-state index < -0.39 is 0 Å². The Kier molecular flexibility index (Phi) is 1.91. The summed E-state index contributed by atoms with van der Waals surface area (Å²) >= 11 is 0. The standard InChI is InChI=1S/C10H12O/c1-2-4-9-6-7-11-8-10(9)5-3-1/h1-5,9H,6-8H2. The van der Waals surface area contributed by atoms with Crippen LogP contribution in [0.5, 0.6) is 0 Å². The monoisotopic (exact) mass is 148 g/mol. The molecule has 1 fully saturated rings. The fraction of sp³-hybridized carbons (Fsp3) is 0.400. The lowest BCUT2D eigenvalue weighted by Gasteiger charge is -2.21. The highest BCUT2D eigenvalue weighted by Crippen LogP contribution is 2.23. The van der Waals surface area contributed by atoms with E-state index in [-0.39, 0.29) is 0 Å². The van der Waals surface area contributed by atoms with E-state index in [1.165, 1.54) is 5.57 Å². The Morgan fingerprint density at radius 3 is 3.27 bits per heavy atom. The van der Waals surface area contributed by atoms with Crippen LogP contribution in [0, 0.1) is 5.92 Å². The van der Waals surface area contributed by atoms with Gasteiger partial charge in [0.25, 0.3) is 0 Å². The molecule has 1 heterocycles. The quantitative estimate of drug-likeness (QED) is 0.511. The second-order valence-electron chi connectivity index (χ2n) is 2.96. The second kappa shape index (κ2) is 3.05. The van der Waals surface area contributed by atoms with Crippen molar-refractivity contribution >= 4 is 0 Å². The molecule has 0 saturated carbocycles. The maximum Gasteiger partial charge on any atom is 0.0685 e. The third kappa shape index (κ3) is 1.43. The molecule has 2 aliphatic rings. The summed E-state index contributed by atoms with van der Waals surface area (Å²) in [6, 6.07) is 0. The van der Waals surface area contributed by atoms with Gasteiger partial charge in [0, 0.05) is 12.5 Å². The second-order valence-corrected chi connectivity index (χ2v) is 2.96. The van der Waals surface area contributed by atoms with Gasteiger partial charge in [-0.3, -0.25) is 0 Å².